The standard InChI is InChI=1S/C25H31N5O/c1-3-11-29-16-19(20-8-4-5-9-23(20)29)15-28-13-10-21-22(17-28)26-25(27-24(21)31)30-12-6-7-18(2)14-30/h3-5,8-9,16,18H,1,6-7,10-15,17H2,2H3,(H,26,27,31)/t18-/m1/s1. The first-order valence-electron chi connectivity index (χ1n) is 11.4. The van der Waals surface area contributed by atoms with Gasteiger partial charge in [0.25, 0.3) is 5.56 Å². The molecule has 1 atom stereocenters. The molecule has 6 nitrogen and oxygen atoms in total. The molecule has 0 saturated carbocycles. The van der Waals surface area contributed by atoms with Gasteiger partial charge in [0.1, 0.15) is 0 Å². The molecule has 0 amide bonds. The van der Waals surface area contributed by atoms with Gasteiger partial charge in [-0.05, 0) is 36.8 Å². The molecule has 31 heavy (non-hydrogen) atoms. The predicted octanol–water partition coefficient (Wildman–Crippen LogP) is 3.71. The van der Waals surface area contributed by atoms with Gasteiger partial charge in [0.2, 0.25) is 5.95 Å². The van der Waals surface area contributed by atoms with Crippen molar-refractivity contribution in [2.75, 3.05) is 24.5 Å². The first kappa shape index (κ1) is 20.1. The molecule has 1 aromatic carbocycles. The van der Waals surface area contributed by atoms with Crippen LogP contribution in [0.4, 0.5) is 5.95 Å². The Morgan fingerprint density at radius 1 is 1.29 bits per heavy atom. The third kappa shape index (κ3) is 3.92. The summed E-state index contributed by atoms with van der Waals surface area (Å²) in [5, 5.41) is 1.29. The highest BCUT2D eigenvalue weighted by Gasteiger charge is 2.25. The van der Waals surface area contributed by atoms with Gasteiger partial charge in [0, 0.05) is 61.9 Å². The zero-order valence-corrected chi connectivity index (χ0v) is 18.3. The molecule has 2 aromatic heterocycles. The number of para-hydroxylation sites is 1. The highest BCUT2D eigenvalue weighted by Crippen LogP contribution is 2.26. The van der Waals surface area contributed by atoms with E-state index in [-0.39, 0.29) is 5.56 Å². The van der Waals surface area contributed by atoms with Crippen molar-refractivity contribution in [1.82, 2.24) is 19.4 Å². The summed E-state index contributed by atoms with van der Waals surface area (Å²) in [6, 6.07) is 8.55. The zero-order valence-electron chi connectivity index (χ0n) is 18.3. The summed E-state index contributed by atoms with van der Waals surface area (Å²) in [7, 11) is 0. The van der Waals surface area contributed by atoms with Gasteiger partial charge < -0.3 is 9.47 Å². The second-order valence-corrected chi connectivity index (χ2v) is 9.08. The summed E-state index contributed by atoms with van der Waals surface area (Å²) >= 11 is 0. The van der Waals surface area contributed by atoms with Gasteiger partial charge in [0.05, 0.1) is 5.69 Å². The highest BCUT2D eigenvalue weighted by molar-refractivity contribution is 5.84. The molecule has 1 saturated heterocycles. The molecule has 1 N–H and O–H groups in total. The molecule has 162 valence electrons. The highest BCUT2D eigenvalue weighted by atomic mass is 16.1. The zero-order chi connectivity index (χ0) is 21.4. The first-order valence-corrected chi connectivity index (χ1v) is 11.4. The largest absolute Gasteiger partial charge is 0.343 e. The number of fused-ring (bicyclic) bond motifs is 2. The lowest BCUT2D eigenvalue weighted by molar-refractivity contribution is 0.241. The average molecular weight is 418 g/mol. The van der Waals surface area contributed by atoms with Crippen LogP contribution in [0.25, 0.3) is 10.9 Å². The monoisotopic (exact) mass is 417 g/mol. The second kappa shape index (κ2) is 8.35. The van der Waals surface area contributed by atoms with Gasteiger partial charge in [-0.25, -0.2) is 4.98 Å². The lowest BCUT2D eigenvalue weighted by Crippen LogP contribution is -2.39. The normalized spacial score (nSPS) is 19.5. The van der Waals surface area contributed by atoms with Gasteiger partial charge in [-0.1, -0.05) is 31.2 Å². The van der Waals surface area contributed by atoms with Crippen molar-refractivity contribution in [2.45, 2.75) is 45.8 Å². The number of piperidine rings is 1. The van der Waals surface area contributed by atoms with Gasteiger partial charge in [0.15, 0.2) is 0 Å². The molecule has 0 bridgehead atoms. The average Bonchev–Trinajstić information content (AvgIpc) is 3.11. The number of aromatic nitrogens is 3. The topological polar surface area (TPSA) is 57.2 Å². The SMILES string of the molecule is C=CCn1cc(CN2CCc3c(nc(N4CCC[C@@H](C)C4)[nH]c3=O)C2)c2ccccc21. The Morgan fingerprint density at radius 2 is 2.16 bits per heavy atom. The summed E-state index contributed by atoms with van der Waals surface area (Å²) in [6.07, 6.45) is 7.33. The van der Waals surface area contributed by atoms with Crippen LogP contribution < -0.4 is 10.5 Å². The number of aromatic amines is 1. The minimum atomic E-state index is 0.0421. The summed E-state index contributed by atoms with van der Waals surface area (Å²) in [5.41, 5.74) is 4.40. The van der Waals surface area contributed by atoms with E-state index in [1.54, 1.807) is 0 Å². The number of anilines is 1. The Bertz CT molecular complexity index is 1160. The van der Waals surface area contributed by atoms with Gasteiger partial charge in [-0.15, -0.1) is 6.58 Å². The molecule has 1 fully saturated rings. The Kier molecular flexibility index (Phi) is 5.40. The minimum absolute atomic E-state index is 0.0421. The molecule has 5 rings (SSSR count). The fourth-order valence-corrected chi connectivity index (χ4v) is 5.13. The molecule has 6 heteroatoms. The molecular formula is C25H31N5O. The Balaban J connectivity index is 1.40. The van der Waals surface area contributed by atoms with Crippen LogP contribution in [-0.2, 0) is 26.1 Å². The van der Waals surface area contributed by atoms with Crippen LogP contribution in [0, 0.1) is 5.92 Å². The number of allylic oxidation sites excluding steroid dienone is 1. The van der Waals surface area contributed by atoms with E-state index in [0.717, 1.165) is 69.3 Å². The third-order valence-electron chi connectivity index (χ3n) is 6.69. The van der Waals surface area contributed by atoms with Gasteiger partial charge >= 0.3 is 0 Å². The smallest absolute Gasteiger partial charge is 0.255 e. The molecule has 2 aliphatic rings. The van der Waals surface area contributed by atoms with Crippen LogP contribution in [0.15, 0.2) is 47.9 Å². The maximum atomic E-state index is 12.8. The van der Waals surface area contributed by atoms with Crippen molar-refractivity contribution in [3.63, 3.8) is 0 Å². The number of H-pyrrole nitrogens is 1. The van der Waals surface area contributed by atoms with Crippen molar-refractivity contribution in [1.29, 1.82) is 0 Å². The molecule has 2 aliphatic heterocycles. The lowest BCUT2D eigenvalue weighted by Gasteiger charge is -2.33. The third-order valence-corrected chi connectivity index (χ3v) is 6.69. The van der Waals surface area contributed by atoms with Crippen LogP contribution in [0.5, 0.6) is 0 Å². The van der Waals surface area contributed by atoms with Crippen molar-refractivity contribution in [3.8, 4) is 0 Å². The van der Waals surface area contributed by atoms with Crippen LogP contribution in [0.3, 0.4) is 0 Å². The number of benzene rings is 1. The van der Waals surface area contributed by atoms with Gasteiger partial charge in [-0.2, -0.15) is 0 Å². The van der Waals surface area contributed by atoms with E-state index in [2.05, 4.69) is 63.3 Å². The lowest BCUT2D eigenvalue weighted by atomic mass is 10.0. The molecule has 0 spiro atoms. The van der Waals surface area contributed by atoms with Crippen LogP contribution in [-0.4, -0.2) is 39.1 Å². The van der Waals surface area contributed by atoms with E-state index in [1.807, 2.05) is 6.08 Å². The number of nitrogens with one attached hydrogen (secondary N) is 1. The molecule has 0 radical (unpaired) electrons. The van der Waals surface area contributed by atoms with Crippen molar-refractivity contribution in [3.05, 3.63) is 70.3 Å². The summed E-state index contributed by atoms with van der Waals surface area (Å²) in [5.74, 6) is 1.39. The van der Waals surface area contributed by atoms with E-state index in [4.69, 9.17) is 4.98 Å². The van der Waals surface area contributed by atoms with Crippen molar-refractivity contribution in [2.24, 2.45) is 5.92 Å². The molecular weight excluding hydrogens is 386 g/mol. The van der Waals surface area contributed by atoms with Crippen LogP contribution in [0.1, 0.15) is 36.6 Å². The van der Waals surface area contributed by atoms with E-state index < -0.39 is 0 Å². The maximum absolute atomic E-state index is 12.8. The van der Waals surface area contributed by atoms with Gasteiger partial charge in [-0.3, -0.25) is 14.7 Å². The maximum Gasteiger partial charge on any atom is 0.255 e. The number of hydrogen-bond acceptors (Lipinski definition) is 4. The number of nitrogens with zero attached hydrogens (tertiary/aromatic N) is 4. The predicted molar refractivity (Wildman–Crippen MR) is 125 cm³/mol. The van der Waals surface area contributed by atoms with Crippen LogP contribution >= 0.6 is 0 Å². The number of hydrogen-bond donors (Lipinski definition) is 1. The fraction of sp³-hybridized carbons (Fsp3) is 0.440. The summed E-state index contributed by atoms with van der Waals surface area (Å²) in [4.78, 5) is 25.4. The van der Waals surface area contributed by atoms with Crippen LogP contribution in [0.2, 0.25) is 0 Å². The van der Waals surface area contributed by atoms with E-state index in [1.165, 1.54) is 22.9 Å². The van der Waals surface area contributed by atoms with E-state index >= 15 is 0 Å². The van der Waals surface area contributed by atoms with E-state index in [0.29, 0.717) is 5.92 Å². The molecule has 3 aromatic rings. The molecule has 0 aliphatic carbocycles. The Morgan fingerprint density at radius 3 is 3.00 bits per heavy atom. The fourth-order valence-electron chi connectivity index (χ4n) is 5.13. The quantitative estimate of drug-likeness (QED) is 0.643. The number of rotatable bonds is 5. The Hall–Kier alpha value is -2.86. The minimum Gasteiger partial charge on any atom is -0.343 e. The second-order valence-electron chi connectivity index (χ2n) is 9.08. The van der Waals surface area contributed by atoms with E-state index in [9.17, 15) is 4.79 Å². The molecule has 4 heterocycles. The molecule has 0 unspecified atom stereocenters. The summed E-state index contributed by atoms with van der Waals surface area (Å²) < 4.78 is 2.26. The first-order chi connectivity index (χ1) is 15.1. The van der Waals surface area contributed by atoms with Crippen molar-refractivity contribution < 1.29 is 0 Å². The Labute approximate surface area is 183 Å². The summed E-state index contributed by atoms with van der Waals surface area (Å²) in [6.45, 7) is 11.4. The van der Waals surface area contributed by atoms with Crippen molar-refractivity contribution >= 4 is 16.9 Å².